The molecule has 0 spiro atoms. The lowest BCUT2D eigenvalue weighted by Crippen LogP contribution is -2.10. The van der Waals surface area contributed by atoms with E-state index in [0.717, 1.165) is 17.6 Å². The molecule has 0 bridgehead atoms. The van der Waals surface area contributed by atoms with Gasteiger partial charge in [0.25, 0.3) is 0 Å². The maximum Gasteiger partial charge on any atom is 0.0784 e. The van der Waals surface area contributed by atoms with Gasteiger partial charge in [0, 0.05) is 5.92 Å². The summed E-state index contributed by atoms with van der Waals surface area (Å²) in [5.74, 6) is 0.0106. The largest absolute Gasteiger partial charge is 0.198 e. The van der Waals surface area contributed by atoms with E-state index in [9.17, 15) is 5.26 Å². The van der Waals surface area contributed by atoms with Crippen molar-refractivity contribution in [3.05, 3.63) is 83.9 Å². The molecule has 2 atom stereocenters. The first-order valence-corrected chi connectivity index (χ1v) is 6.86. The highest BCUT2D eigenvalue weighted by Gasteiger charge is 2.24. The van der Waals surface area contributed by atoms with Gasteiger partial charge < -0.3 is 0 Å². The fourth-order valence-corrected chi connectivity index (χ4v) is 2.56. The number of benzene rings is 2. The Balaban J connectivity index is 2.40. The summed E-state index contributed by atoms with van der Waals surface area (Å²) in [6.07, 6.45) is 0.830. The van der Waals surface area contributed by atoms with Crippen LogP contribution >= 0.6 is 0 Å². The van der Waals surface area contributed by atoms with Gasteiger partial charge in [0.1, 0.15) is 0 Å². The molecule has 20 heavy (non-hydrogen) atoms. The maximum absolute atomic E-state index is 9.64. The van der Waals surface area contributed by atoms with Crippen molar-refractivity contribution in [1.82, 2.24) is 0 Å². The number of nitrogens with zero attached hydrogens (tertiary/aromatic N) is 1. The molecule has 2 aromatic rings. The second kappa shape index (κ2) is 6.73. The normalized spacial score (nSPS) is 13.2. The molecule has 2 aromatic carbocycles. The molecule has 0 saturated carbocycles. The van der Waals surface area contributed by atoms with E-state index in [-0.39, 0.29) is 11.8 Å². The van der Waals surface area contributed by atoms with Gasteiger partial charge >= 0.3 is 0 Å². The molecular weight excluding hydrogens is 242 g/mol. The number of hydrogen-bond donors (Lipinski definition) is 0. The van der Waals surface area contributed by atoms with Gasteiger partial charge in [-0.1, -0.05) is 66.2 Å². The minimum Gasteiger partial charge on any atom is -0.198 e. The fourth-order valence-electron chi connectivity index (χ4n) is 2.56. The van der Waals surface area contributed by atoms with Crippen molar-refractivity contribution in [1.29, 1.82) is 5.26 Å². The van der Waals surface area contributed by atoms with Crippen LogP contribution in [0.1, 0.15) is 36.3 Å². The summed E-state index contributed by atoms with van der Waals surface area (Å²) in [5.41, 5.74) is 3.38. The van der Waals surface area contributed by atoms with E-state index in [1.807, 2.05) is 55.5 Å². The molecule has 0 aliphatic rings. The van der Waals surface area contributed by atoms with Crippen molar-refractivity contribution in [2.75, 3.05) is 0 Å². The highest BCUT2D eigenvalue weighted by Crippen LogP contribution is 2.36. The molecule has 0 aliphatic heterocycles. The van der Waals surface area contributed by atoms with Crippen molar-refractivity contribution in [3.8, 4) is 6.07 Å². The van der Waals surface area contributed by atoms with Crippen LogP contribution in [0.4, 0.5) is 0 Å². The number of allylic oxidation sites excluding steroid dienone is 1. The molecule has 2 rings (SSSR count). The molecule has 0 N–H and O–H groups in total. The summed E-state index contributed by atoms with van der Waals surface area (Å²) < 4.78 is 0. The first-order chi connectivity index (χ1) is 9.72. The van der Waals surface area contributed by atoms with Crippen molar-refractivity contribution in [3.63, 3.8) is 0 Å². The van der Waals surface area contributed by atoms with Crippen molar-refractivity contribution in [2.45, 2.75) is 25.2 Å². The topological polar surface area (TPSA) is 23.8 Å². The molecule has 0 aromatic heterocycles. The number of rotatable bonds is 5. The quantitative estimate of drug-likeness (QED) is 0.691. The van der Waals surface area contributed by atoms with Gasteiger partial charge in [0.2, 0.25) is 0 Å². The van der Waals surface area contributed by atoms with Crippen LogP contribution in [0, 0.1) is 11.3 Å². The fraction of sp³-hybridized carbons (Fsp3) is 0.211. The average molecular weight is 261 g/mol. The van der Waals surface area contributed by atoms with Crippen LogP contribution in [-0.2, 0) is 0 Å². The molecule has 0 heterocycles. The molecule has 0 radical (unpaired) electrons. The Kier molecular flexibility index (Phi) is 4.74. The zero-order valence-electron chi connectivity index (χ0n) is 11.8. The van der Waals surface area contributed by atoms with E-state index in [2.05, 4.69) is 24.8 Å². The molecule has 0 amide bonds. The van der Waals surface area contributed by atoms with E-state index in [0.29, 0.717) is 0 Å². The van der Waals surface area contributed by atoms with Gasteiger partial charge in [-0.2, -0.15) is 5.26 Å². The van der Waals surface area contributed by atoms with E-state index in [1.54, 1.807) is 0 Å². The monoisotopic (exact) mass is 261 g/mol. The Labute approximate surface area is 121 Å². The van der Waals surface area contributed by atoms with Crippen LogP contribution in [0.3, 0.4) is 0 Å². The minimum absolute atomic E-state index is 0.143. The zero-order chi connectivity index (χ0) is 14.4. The van der Waals surface area contributed by atoms with Crippen LogP contribution in [0.25, 0.3) is 0 Å². The second-order valence-corrected chi connectivity index (χ2v) is 5.20. The van der Waals surface area contributed by atoms with Gasteiger partial charge in [0.05, 0.1) is 12.0 Å². The SMILES string of the molecule is C=C(C)CC(c1ccccc1)C(C#N)c1ccccc1. The average Bonchev–Trinajstić information content (AvgIpc) is 2.49. The summed E-state index contributed by atoms with van der Waals surface area (Å²) >= 11 is 0. The standard InChI is InChI=1S/C19H19N/c1-15(2)13-18(16-9-5-3-6-10-16)19(14-20)17-11-7-4-8-12-17/h3-12,18-19H,1,13H2,2H3. The van der Waals surface area contributed by atoms with Crippen molar-refractivity contribution >= 4 is 0 Å². The molecule has 1 heteroatoms. The van der Waals surface area contributed by atoms with Crippen LogP contribution in [-0.4, -0.2) is 0 Å². The number of nitriles is 1. The Morgan fingerprint density at radius 1 is 1.00 bits per heavy atom. The lowest BCUT2D eigenvalue weighted by Gasteiger charge is -2.23. The highest BCUT2D eigenvalue weighted by molar-refractivity contribution is 5.34. The molecule has 100 valence electrons. The van der Waals surface area contributed by atoms with Gasteiger partial charge in [-0.05, 0) is 24.5 Å². The first-order valence-electron chi connectivity index (χ1n) is 6.86. The molecule has 0 aliphatic carbocycles. The van der Waals surface area contributed by atoms with Crippen LogP contribution in [0.15, 0.2) is 72.8 Å². The van der Waals surface area contributed by atoms with Gasteiger partial charge in [-0.15, -0.1) is 6.58 Å². The third kappa shape index (κ3) is 3.36. The number of hydrogen-bond acceptors (Lipinski definition) is 1. The van der Waals surface area contributed by atoms with E-state index in [4.69, 9.17) is 0 Å². The van der Waals surface area contributed by atoms with Gasteiger partial charge in [-0.3, -0.25) is 0 Å². The van der Waals surface area contributed by atoms with Crippen LogP contribution in [0.2, 0.25) is 0 Å². The van der Waals surface area contributed by atoms with Crippen molar-refractivity contribution in [2.24, 2.45) is 0 Å². The minimum atomic E-state index is -0.143. The highest BCUT2D eigenvalue weighted by atomic mass is 14.3. The summed E-state index contributed by atoms with van der Waals surface area (Å²) in [4.78, 5) is 0. The van der Waals surface area contributed by atoms with E-state index in [1.165, 1.54) is 5.56 Å². The lowest BCUT2D eigenvalue weighted by atomic mass is 9.79. The molecule has 0 saturated heterocycles. The van der Waals surface area contributed by atoms with Crippen LogP contribution < -0.4 is 0 Å². The second-order valence-electron chi connectivity index (χ2n) is 5.20. The third-order valence-electron chi connectivity index (χ3n) is 3.50. The summed E-state index contributed by atoms with van der Waals surface area (Å²) in [6.45, 7) is 6.04. The van der Waals surface area contributed by atoms with E-state index < -0.39 is 0 Å². The summed E-state index contributed by atoms with van der Waals surface area (Å²) in [7, 11) is 0. The Morgan fingerprint density at radius 2 is 1.50 bits per heavy atom. The molecule has 2 unspecified atom stereocenters. The maximum atomic E-state index is 9.64. The molecular formula is C19H19N. The third-order valence-corrected chi connectivity index (χ3v) is 3.50. The smallest absolute Gasteiger partial charge is 0.0784 e. The van der Waals surface area contributed by atoms with Crippen molar-refractivity contribution < 1.29 is 0 Å². The Bertz CT molecular complexity index is 593. The molecule has 1 nitrogen and oxygen atoms in total. The predicted octanol–water partition coefficient (Wildman–Crippen LogP) is 5.04. The lowest BCUT2D eigenvalue weighted by molar-refractivity contribution is 0.621. The molecule has 0 fully saturated rings. The Morgan fingerprint density at radius 3 is 1.95 bits per heavy atom. The van der Waals surface area contributed by atoms with Crippen LogP contribution in [0.5, 0.6) is 0 Å². The first kappa shape index (κ1) is 14.1. The van der Waals surface area contributed by atoms with Gasteiger partial charge in [0.15, 0.2) is 0 Å². The zero-order valence-corrected chi connectivity index (χ0v) is 11.8. The Hall–Kier alpha value is -2.33. The van der Waals surface area contributed by atoms with Gasteiger partial charge in [-0.25, -0.2) is 0 Å². The summed E-state index contributed by atoms with van der Waals surface area (Å²) in [6, 6.07) is 22.8. The summed E-state index contributed by atoms with van der Waals surface area (Å²) in [5, 5.41) is 9.64. The van der Waals surface area contributed by atoms with E-state index >= 15 is 0 Å². The predicted molar refractivity (Wildman–Crippen MR) is 83.4 cm³/mol.